The molecular formula is C13H25N3O. The zero-order chi connectivity index (χ0) is 12.5. The van der Waals surface area contributed by atoms with Gasteiger partial charge in [0.2, 0.25) is 5.91 Å². The van der Waals surface area contributed by atoms with Gasteiger partial charge in [0.15, 0.2) is 0 Å². The number of rotatable bonds is 6. The van der Waals surface area contributed by atoms with E-state index in [9.17, 15) is 4.79 Å². The van der Waals surface area contributed by atoms with Crippen molar-refractivity contribution < 1.29 is 4.79 Å². The second-order valence-corrected chi connectivity index (χ2v) is 5.43. The predicted octanol–water partition coefficient (Wildman–Crippen LogP) is 1.03. The molecule has 1 amide bonds. The number of likely N-dealkylation sites (N-methyl/N-ethyl adjacent to an activating group) is 1. The molecule has 0 bridgehead atoms. The Balaban J connectivity index is 1.94. The zero-order valence-electron chi connectivity index (χ0n) is 11.3. The number of hydrogen-bond donors (Lipinski definition) is 1. The molecule has 0 aromatic rings. The van der Waals surface area contributed by atoms with Crippen LogP contribution in [0.25, 0.3) is 0 Å². The molecule has 4 heteroatoms. The van der Waals surface area contributed by atoms with Crippen LogP contribution in [0.5, 0.6) is 0 Å². The summed E-state index contributed by atoms with van der Waals surface area (Å²) >= 11 is 0. The Morgan fingerprint density at radius 3 is 2.71 bits per heavy atom. The lowest BCUT2D eigenvalue weighted by Gasteiger charge is -2.26. The maximum atomic E-state index is 12.3. The van der Waals surface area contributed by atoms with E-state index in [2.05, 4.69) is 36.0 Å². The molecule has 98 valence electrons. The molecule has 1 aliphatic carbocycles. The van der Waals surface area contributed by atoms with Crippen molar-refractivity contribution in [2.75, 3.05) is 26.7 Å². The van der Waals surface area contributed by atoms with Gasteiger partial charge in [-0.25, -0.2) is 0 Å². The number of hydrogen-bond acceptors (Lipinski definition) is 3. The van der Waals surface area contributed by atoms with Crippen molar-refractivity contribution in [2.24, 2.45) is 0 Å². The van der Waals surface area contributed by atoms with Gasteiger partial charge in [0.1, 0.15) is 0 Å². The van der Waals surface area contributed by atoms with Crippen LogP contribution < -0.4 is 5.32 Å². The lowest BCUT2D eigenvalue weighted by molar-refractivity contribution is -0.131. The Kier molecular flexibility index (Phi) is 3.73. The SMILES string of the molecule is CCCC1NC2(CC2)C(=O)N1CCN(C)CC. The molecule has 4 nitrogen and oxygen atoms in total. The minimum absolute atomic E-state index is 0.148. The fourth-order valence-electron chi connectivity index (χ4n) is 2.55. The second kappa shape index (κ2) is 4.94. The van der Waals surface area contributed by atoms with Gasteiger partial charge in [-0.1, -0.05) is 20.3 Å². The molecule has 1 spiro atoms. The van der Waals surface area contributed by atoms with Crippen LogP contribution >= 0.6 is 0 Å². The molecule has 1 N–H and O–H groups in total. The Hall–Kier alpha value is -0.610. The van der Waals surface area contributed by atoms with E-state index in [0.717, 1.165) is 45.3 Å². The van der Waals surface area contributed by atoms with E-state index in [4.69, 9.17) is 0 Å². The first kappa shape index (κ1) is 12.8. The Morgan fingerprint density at radius 2 is 2.18 bits per heavy atom. The highest BCUT2D eigenvalue weighted by Gasteiger charge is 2.58. The van der Waals surface area contributed by atoms with Gasteiger partial charge in [0, 0.05) is 13.1 Å². The Labute approximate surface area is 104 Å². The number of carbonyl (C=O) groups excluding carboxylic acids is 1. The van der Waals surface area contributed by atoms with Gasteiger partial charge < -0.3 is 9.80 Å². The number of carbonyl (C=O) groups is 1. The maximum Gasteiger partial charge on any atom is 0.244 e. The maximum absolute atomic E-state index is 12.3. The molecule has 1 saturated heterocycles. The molecule has 1 heterocycles. The summed E-state index contributed by atoms with van der Waals surface area (Å²) in [7, 11) is 2.11. The molecule has 1 aliphatic heterocycles. The smallest absolute Gasteiger partial charge is 0.244 e. The molecule has 1 saturated carbocycles. The monoisotopic (exact) mass is 239 g/mol. The Morgan fingerprint density at radius 1 is 1.47 bits per heavy atom. The summed E-state index contributed by atoms with van der Waals surface area (Å²) in [5.41, 5.74) is -0.148. The van der Waals surface area contributed by atoms with Crippen LogP contribution in [-0.2, 0) is 4.79 Å². The van der Waals surface area contributed by atoms with Crippen molar-refractivity contribution in [3.05, 3.63) is 0 Å². The van der Waals surface area contributed by atoms with Gasteiger partial charge in [-0.2, -0.15) is 0 Å². The minimum Gasteiger partial charge on any atom is -0.324 e. The van der Waals surface area contributed by atoms with Crippen LogP contribution in [0.15, 0.2) is 0 Å². The van der Waals surface area contributed by atoms with Crippen molar-refractivity contribution in [3.63, 3.8) is 0 Å². The highest BCUT2D eigenvalue weighted by Crippen LogP contribution is 2.42. The quantitative estimate of drug-likeness (QED) is 0.752. The summed E-state index contributed by atoms with van der Waals surface area (Å²) in [4.78, 5) is 16.7. The molecule has 2 aliphatic rings. The van der Waals surface area contributed by atoms with Gasteiger partial charge in [0.25, 0.3) is 0 Å². The summed E-state index contributed by atoms with van der Waals surface area (Å²) in [6.45, 7) is 7.21. The van der Waals surface area contributed by atoms with Gasteiger partial charge in [-0.05, 0) is 32.9 Å². The van der Waals surface area contributed by atoms with Crippen molar-refractivity contribution in [1.29, 1.82) is 0 Å². The van der Waals surface area contributed by atoms with Gasteiger partial charge in [-0.3, -0.25) is 10.1 Å². The van der Waals surface area contributed by atoms with Gasteiger partial charge in [-0.15, -0.1) is 0 Å². The third-order valence-corrected chi connectivity index (χ3v) is 4.06. The van der Waals surface area contributed by atoms with E-state index in [-0.39, 0.29) is 11.7 Å². The molecule has 1 atom stereocenters. The Bertz CT molecular complexity index is 288. The van der Waals surface area contributed by atoms with Gasteiger partial charge >= 0.3 is 0 Å². The fraction of sp³-hybridized carbons (Fsp3) is 0.923. The number of nitrogens with one attached hydrogen (secondary N) is 1. The summed E-state index contributed by atoms with van der Waals surface area (Å²) in [6, 6.07) is 0. The highest BCUT2D eigenvalue weighted by atomic mass is 16.2. The third-order valence-electron chi connectivity index (χ3n) is 4.06. The topological polar surface area (TPSA) is 35.6 Å². The first-order chi connectivity index (χ1) is 8.13. The average molecular weight is 239 g/mol. The summed E-state index contributed by atoms with van der Waals surface area (Å²) < 4.78 is 0. The third kappa shape index (κ3) is 2.47. The summed E-state index contributed by atoms with van der Waals surface area (Å²) in [6.07, 6.45) is 4.54. The van der Waals surface area contributed by atoms with Crippen LogP contribution in [0.4, 0.5) is 0 Å². The molecule has 1 unspecified atom stereocenters. The van der Waals surface area contributed by atoms with E-state index in [1.165, 1.54) is 0 Å². The zero-order valence-corrected chi connectivity index (χ0v) is 11.3. The standard InChI is InChI=1S/C13H25N3O/c1-4-6-11-14-13(7-8-13)12(17)16(11)10-9-15(3)5-2/h11,14H,4-10H2,1-3H3. The van der Waals surface area contributed by atoms with Crippen molar-refractivity contribution in [1.82, 2.24) is 15.1 Å². The summed E-state index contributed by atoms with van der Waals surface area (Å²) in [5, 5.41) is 3.54. The molecule has 2 rings (SSSR count). The largest absolute Gasteiger partial charge is 0.324 e. The molecule has 0 aromatic heterocycles. The highest BCUT2D eigenvalue weighted by molar-refractivity contribution is 5.91. The normalized spacial score (nSPS) is 26.2. The molecule has 2 fully saturated rings. The molecular weight excluding hydrogens is 214 g/mol. The van der Waals surface area contributed by atoms with E-state index in [0.29, 0.717) is 5.91 Å². The van der Waals surface area contributed by atoms with Crippen molar-refractivity contribution in [2.45, 2.75) is 51.2 Å². The van der Waals surface area contributed by atoms with Crippen LogP contribution in [0.2, 0.25) is 0 Å². The lowest BCUT2D eigenvalue weighted by Crippen LogP contribution is -2.41. The molecule has 0 radical (unpaired) electrons. The fourth-order valence-corrected chi connectivity index (χ4v) is 2.55. The van der Waals surface area contributed by atoms with E-state index < -0.39 is 0 Å². The minimum atomic E-state index is -0.148. The molecule has 17 heavy (non-hydrogen) atoms. The molecule has 0 aromatic carbocycles. The van der Waals surface area contributed by atoms with Crippen LogP contribution in [0.1, 0.15) is 39.5 Å². The lowest BCUT2D eigenvalue weighted by atomic mass is 10.2. The second-order valence-electron chi connectivity index (χ2n) is 5.43. The first-order valence-corrected chi connectivity index (χ1v) is 6.90. The van der Waals surface area contributed by atoms with Crippen LogP contribution in [0.3, 0.4) is 0 Å². The van der Waals surface area contributed by atoms with E-state index >= 15 is 0 Å². The van der Waals surface area contributed by atoms with Crippen molar-refractivity contribution in [3.8, 4) is 0 Å². The van der Waals surface area contributed by atoms with E-state index in [1.54, 1.807) is 0 Å². The number of amides is 1. The van der Waals surface area contributed by atoms with Crippen LogP contribution in [0, 0.1) is 0 Å². The summed E-state index contributed by atoms with van der Waals surface area (Å²) in [5.74, 6) is 0.348. The number of nitrogens with zero attached hydrogens (tertiary/aromatic N) is 2. The van der Waals surface area contributed by atoms with Crippen LogP contribution in [-0.4, -0.2) is 54.1 Å². The van der Waals surface area contributed by atoms with Crippen molar-refractivity contribution >= 4 is 5.91 Å². The average Bonchev–Trinajstić information content (AvgIpc) is 3.04. The predicted molar refractivity (Wildman–Crippen MR) is 68.7 cm³/mol. The van der Waals surface area contributed by atoms with E-state index in [1.807, 2.05) is 0 Å². The van der Waals surface area contributed by atoms with Gasteiger partial charge in [0.05, 0.1) is 11.7 Å². The first-order valence-electron chi connectivity index (χ1n) is 6.90.